The van der Waals surface area contributed by atoms with Crippen molar-refractivity contribution in [2.24, 2.45) is 10.9 Å². The Bertz CT molecular complexity index is 465. The van der Waals surface area contributed by atoms with Crippen molar-refractivity contribution in [3.63, 3.8) is 0 Å². The molecule has 1 fully saturated rings. The van der Waals surface area contributed by atoms with E-state index in [0.717, 1.165) is 25.0 Å². The van der Waals surface area contributed by atoms with E-state index in [0.29, 0.717) is 0 Å². The van der Waals surface area contributed by atoms with E-state index >= 15 is 0 Å². The lowest BCUT2D eigenvalue weighted by atomic mass is 9.91. The molecule has 1 saturated heterocycles. The zero-order valence-corrected chi connectivity index (χ0v) is 17.9. The summed E-state index contributed by atoms with van der Waals surface area (Å²) in [6.45, 7) is 8.88. The number of piperidine rings is 1. The van der Waals surface area contributed by atoms with Gasteiger partial charge in [-0.2, -0.15) is 0 Å². The van der Waals surface area contributed by atoms with Crippen LogP contribution >= 0.6 is 35.3 Å². The van der Waals surface area contributed by atoms with Gasteiger partial charge in [0.1, 0.15) is 0 Å². The zero-order chi connectivity index (χ0) is 16.0. The van der Waals surface area contributed by atoms with Gasteiger partial charge in [-0.1, -0.05) is 19.9 Å². The molecule has 2 rings (SSSR count). The third-order valence-electron chi connectivity index (χ3n) is 4.51. The summed E-state index contributed by atoms with van der Waals surface area (Å²) in [5.41, 5.74) is 0.124. The average Bonchev–Trinajstić information content (AvgIpc) is 3.04. The van der Waals surface area contributed by atoms with E-state index in [1.54, 1.807) is 0 Å². The van der Waals surface area contributed by atoms with Crippen molar-refractivity contribution in [3.05, 3.63) is 22.4 Å². The SMILES string of the molecule is CN=C(NCC1CCN(C)CC1)NCC(C)(C)c1cccs1.I. The van der Waals surface area contributed by atoms with Gasteiger partial charge in [0, 0.05) is 30.4 Å². The van der Waals surface area contributed by atoms with Gasteiger partial charge in [0.15, 0.2) is 5.96 Å². The molecule has 0 atom stereocenters. The maximum atomic E-state index is 4.36. The van der Waals surface area contributed by atoms with Crippen LogP contribution in [0.3, 0.4) is 0 Å². The summed E-state index contributed by atoms with van der Waals surface area (Å²) in [5.74, 6) is 1.68. The molecule has 1 aromatic rings. The van der Waals surface area contributed by atoms with Crippen molar-refractivity contribution in [1.29, 1.82) is 0 Å². The number of nitrogens with one attached hydrogen (secondary N) is 2. The maximum Gasteiger partial charge on any atom is 0.191 e. The van der Waals surface area contributed by atoms with E-state index < -0.39 is 0 Å². The molecule has 6 heteroatoms. The number of nitrogens with zero attached hydrogens (tertiary/aromatic N) is 2. The molecule has 2 heterocycles. The Kier molecular flexibility index (Phi) is 8.85. The van der Waals surface area contributed by atoms with Crippen molar-refractivity contribution in [2.45, 2.75) is 32.1 Å². The molecule has 0 radical (unpaired) electrons. The Morgan fingerprint density at radius 1 is 1.35 bits per heavy atom. The topological polar surface area (TPSA) is 39.7 Å². The predicted octanol–water partition coefficient (Wildman–Crippen LogP) is 3.15. The molecular weight excluding hydrogens is 419 g/mol. The van der Waals surface area contributed by atoms with Gasteiger partial charge in [-0.05, 0) is 50.3 Å². The first-order valence-electron chi connectivity index (χ1n) is 8.18. The average molecular weight is 450 g/mol. The van der Waals surface area contributed by atoms with Crippen molar-refractivity contribution >= 4 is 41.3 Å². The molecule has 0 spiro atoms. The normalized spacial score (nSPS) is 17.7. The van der Waals surface area contributed by atoms with Crippen molar-refractivity contribution < 1.29 is 0 Å². The van der Waals surface area contributed by atoms with Gasteiger partial charge in [-0.3, -0.25) is 4.99 Å². The number of aliphatic imine (C=N–C) groups is 1. The highest BCUT2D eigenvalue weighted by Crippen LogP contribution is 2.26. The number of hydrogen-bond donors (Lipinski definition) is 2. The van der Waals surface area contributed by atoms with E-state index in [1.165, 1.54) is 30.8 Å². The quantitative estimate of drug-likeness (QED) is 0.412. The minimum absolute atomic E-state index is 0. The maximum absolute atomic E-state index is 4.36. The summed E-state index contributed by atoms with van der Waals surface area (Å²) in [6.07, 6.45) is 2.56. The third kappa shape index (κ3) is 6.58. The molecule has 0 saturated carbocycles. The van der Waals surface area contributed by atoms with E-state index in [9.17, 15) is 0 Å². The molecule has 1 aliphatic rings. The lowest BCUT2D eigenvalue weighted by molar-refractivity contribution is 0.220. The number of likely N-dealkylation sites (tertiary alicyclic amines) is 1. The molecule has 0 aliphatic carbocycles. The fourth-order valence-corrected chi connectivity index (χ4v) is 3.64. The summed E-state index contributed by atoms with van der Waals surface area (Å²) < 4.78 is 0. The van der Waals surface area contributed by atoms with E-state index in [4.69, 9.17) is 0 Å². The summed E-state index contributed by atoms with van der Waals surface area (Å²) in [6, 6.07) is 4.33. The summed E-state index contributed by atoms with van der Waals surface area (Å²) in [7, 11) is 4.05. The first kappa shape index (κ1) is 20.7. The van der Waals surface area contributed by atoms with E-state index in [2.05, 4.69) is 58.9 Å². The highest BCUT2D eigenvalue weighted by Gasteiger charge is 2.22. The van der Waals surface area contributed by atoms with Crippen LogP contribution in [0.25, 0.3) is 0 Å². The van der Waals surface area contributed by atoms with Crippen LogP contribution < -0.4 is 10.6 Å². The van der Waals surface area contributed by atoms with Gasteiger partial charge in [0.2, 0.25) is 0 Å². The monoisotopic (exact) mass is 450 g/mol. The lowest BCUT2D eigenvalue weighted by Gasteiger charge is -2.30. The Hall–Kier alpha value is -0.340. The lowest BCUT2D eigenvalue weighted by Crippen LogP contribution is -2.45. The van der Waals surface area contributed by atoms with Crippen LogP contribution in [-0.2, 0) is 5.41 Å². The molecule has 0 bridgehead atoms. The first-order chi connectivity index (χ1) is 10.5. The van der Waals surface area contributed by atoms with Crippen LogP contribution in [0.15, 0.2) is 22.5 Å². The number of rotatable bonds is 5. The zero-order valence-electron chi connectivity index (χ0n) is 14.8. The predicted molar refractivity (Wildman–Crippen MR) is 112 cm³/mol. The molecule has 0 aromatic carbocycles. The highest BCUT2D eigenvalue weighted by molar-refractivity contribution is 14.0. The minimum Gasteiger partial charge on any atom is -0.356 e. The molecule has 132 valence electrons. The number of hydrogen-bond acceptors (Lipinski definition) is 3. The fraction of sp³-hybridized carbons (Fsp3) is 0.706. The summed E-state index contributed by atoms with van der Waals surface area (Å²) in [5, 5.41) is 9.12. The van der Waals surface area contributed by atoms with Crippen LogP contribution in [0.2, 0.25) is 0 Å². The van der Waals surface area contributed by atoms with E-state index in [1.807, 2.05) is 18.4 Å². The second-order valence-corrected chi connectivity index (χ2v) is 7.86. The number of guanidine groups is 1. The fourth-order valence-electron chi connectivity index (χ4n) is 2.78. The standard InChI is InChI=1S/C17H30N4S.HI/c1-17(2,15-6-5-11-22-15)13-20-16(18-3)19-12-14-7-9-21(4)10-8-14;/h5-6,11,14H,7-10,12-13H2,1-4H3,(H2,18,19,20);1H. The van der Waals surface area contributed by atoms with Crippen LogP contribution in [0, 0.1) is 5.92 Å². The van der Waals surface area contributed by atoms with Gasteiger partial charge < -0.3 is 15.5 Å². The van der Waals surface area contributed by atoms with Gasteiger partial charge in [-0.15, -0.1) is 35.3 Å². The van der Waals surface area contributed by atoms with Crippen LogP contribution in [0.5, 0.6) is 0 Å². The van der Waals surface area contributed by atoms with Gasteiger partial charge in [0.25, 0.3) is 0 Å². The van der Waals surface area contributed by atoms with Gasteiger partial charge in [-0.25, -0.2) is 0 Å². The molecule has 1 aliphatic heterocycles. The number of thiophene rings is 1. The van der Waals surface area contributed by atoms with Crippen molar-refractivity contribution in [2.75, 3.05) is 40.3 Å². The van der Waals surface area contributed by atoms with Crippen molar-refractivity contribution in [3.8, 4) is 0 Å². The first-order valence-corrected chi connectivity index (χ1v) is 9.06. The van der Waals surface area contributed by atoms with Crippen molar-refractivity contribution in [1.82, 2.24) is 15.5 Å². The third-order valence-corrected chi connectivity index (χ3v) is 5.74. The Balaban J connectivity index is 0.00000264. The van der Waals surface area contributed by atoms with Gasteiger partial charge >= 0.3 is 0 Å². The van der Waals surface area contributed by atoms with Gasteiger partial charge in [0.05, 0.1) is 0 Å². The molecule has 1 aromatic heterocycles. The summed E-state index contributed by atoms with van der Waals surface area (Å²) in [4.78, 5) is 8.18. The summed E-state index contributed by atoms with van der Waals surface area (Å²) >= 11 is 1.82. The van der Waals surface area contributed by atoms with Crippen LogP contribution in [0.1, 0.15) is 31.6 Å². The molecule has 0 amide bonds. The molecular formula is C17H31IN4S. The van der Waals surface area contributed by atoms with Crippen LogP contribution in [-0.4, -0.2) is 51.1 Å². The molecule has 0 unspecified atom stereocenters. The molecule has 23 heavy (non-hydrogen) atoms. The highest BCUT2D eigenvalue weighted by atomic mass is 127. The molecule has 4 nitrogen and oxygen atoms in total. The van der Waals surface area contributed by atoms with Crippen LogP contribution in [0.4, 0.5) is 0 Å². The Labute approximate surface area is 162 Å². The Morgan fingerprint density at radius 3 is 2.61 bits per heavy atom. The number of halogens is 1. The second-order valence-electron chi connectivity index (χ2n) is 6.91. The minimum atomic E-state index is 0. The largest absolute Gasteiger partial charge is 0.356 e. The smallest absolute Gasteiger partial charge is 0.191 e. The van der Waals surface area contributed by atoms with E-state index in [-0.39, 0.29) is 29.4 Å². The second kappa shape index (κ2) is 9.84. The molecule has 2 N–H and O–H groups in total. The Morgan fingerprint density at radius 2 is 2.04 bits per heavy atom.